The molecule has 3 aliphatic rings. The second kappa shape index (κ2) is 14.9. The SMILES string of the molecule is CC1(C)CC(C(=O)Nc2ccc(-c3c4nc(c(-c5ccccc5)c5ccc([nH]5)c(-c5ccccc5)c5ccc([nH]5)c(-c5ccccc5)c5nc3C=C5)C=C4)cc2)C(C)(C)N1[O]. The van der Waals surface area contributed by atoms with Crippen molar-refractivity contribution in [3.05, 3.63) is 162 Å². The Morgan fingerprint density at radius 3 is 1.31 bits per heavy atom. The molecule has 1 atom stereocenters. The lowest BCUT2D eigenvalue weighted by atomic mass is 9.86. The van der Waals surface area contributed by atoms with Crippen LogP contribution < -0.4 is 5.32 Å². The summed E-state index contributed by atoms with van der Waals surface area (Å²) in [6, 6.07) is 47.6. The first kappa shape index (κ1) is 38.1. The Morgan fingerprint density at radius 2 is 0.902 bits per heavy atom. The molecule has 3 aromatic heterocycles. The number of anilines is 1. The fourth-order valence-corrected chi connectivity index (χ4v) is 9.35. The Morgan fingerprint density at radius 1 is 0.525 bits per heavy atom. The molecule has 0 aliphatic carbocycles. The molecular weight excluding hydrogens is 753 g/mol. The molecule has 3 aliphatic heterocycles. The molecule has 1 amide bonds. The van der Waals surface area contributed by atoms with Gasteiger partial charge in [0, 0.05) is 55.5 Å². The van der Waals surface area contributed by atoms with E-state index in [0.29, 0.717) is 12.1 Å². The predicted molar refractivity (Wildman–Crippen MR) is 248 cm³/mol. The Bertz CT molecular complexity index is 2910. The van der Waals surface area contributed by atoms with Crippen molar-refractivity contribution in [3.8, 4) is 44.5 Å². The number of aromatic nitrogens is 4. The van der Waals surface area contributed by atoms with E-state index in [4.69, 9.17) is 9.97 Å². The van der Waals surface area contributed by atoms with E-state index in [2.05, 4.69) is 137 Å². The van der Waals surface area contributed by atoms with Crippen LogP contribution in [0.2, 0.25) is 0 Å². The first-order valence-corrected chi connectivity index (χ1v) is 20.8. The highest BCUT2D eigenvalue weighted by Gasteiger charge is 2.55. The summed E-state index contributed by atoms with van der Waals surface area (Å²) in [6.45, 7) is 7.49. The third-order valence-electron chi connectivity index (χ3n) is 12.3. The lowest BCUT2D eigenvalue weighted by molar-refractivity contribution is -0.247. The molecule has 299 valence electrons. The van der Waals surface area contributed by atoms with Crippen molar-refractivity contribution < 1.29 is 10.0 Å². The Balaban J connectivity index is 1.21. The highest BCUT2D eigenvalue weighted by molar-refractivity contribution is 6.00. The summed E-state index contributed by atoms with van der Waals surface area (Å²) in [5.41, 5.74) is 14.2. The zero-order valence-electron chi connectivity index (χ0n) is 34.5. The molecule has 1 unspecified atom stereocenters. The number of amides is 1. The smallest absolute Gasteiger partial charge is 0.229 e. The summed E-state index contributed by atoms with van der Waals surface area (Å²) in [6.07, 6.45) is 8.78. The summed E-state index contributed by atoms with van der Waals surface area (Å²) in [4.78, 5) is 32.1. The molecule has 3 N–H and O–H groups in total. The summed E-state index contributed by atoms with van der Waals surface area (Å²) in [7, 11) is 0. The highest BCUT2D eigenvalue weighted by atomic mass is 16.5. The number of fused-ring (bicyclic) bond motifs is 8. The second-order valence-electron chi connectivity index (χ2n) is 17.2. The van der Waals surface area contributed by atoms with Crippen LogP contribution in [0.5, 0.6) is 0 Å². The standard InChI is InChI=1S/C53H45N6O2/c1-52(2)32-38(53(3,4)59(52)61)51(60)54-37-22-20-36(21-23-37)50-45-30-28-43(57-45)48(34-16-10-6-11-17-34)41-26-24-39(55-41)47(33-14-8-5-9-15-33)40-25-27-42(56-40)49(35-18-12-7-13-19-35)44-29-31-46(50)58-44/h5-31,38,55-56H,32H2,1-4H3,(H,54,60). The average Bonchev–Trinajstić information content (AvgIpc) is 4.13. The van der Waals surface area contributed by atoms with Crippen molar-refractivity contribution in [3.63, 3.8) is 0 Å². The second-order valence-corrected chi connectivity index (χ2v) is 17.2. The van der Waals surface area contributed by atoms with E-state index in [9.17, 15) is 10.0 Å². The van der Waals surface area contributed by atoms with Crippen LogP contribution in [0.1, 0.15) is 56.9 Å². The predicted octanol–water partition coefficient (Wildman–Crippen LogP) is 12.5. The summed E-state index contributed by atoms with van der Waals surface area (Å²) in [5.74, 6) is -0.618. The maximum absolute atomic E-state index is 13.7. The minimum atomic E-state index is -0.827. The molecule has 61 heavy (non-hydrogen) atoms. The molecule has 8 heteroatoms. The van der Waals surface area contributed by atoms with Crippen molar-refractivity contribution in [2.24, 2.45) is 5.92 Å². The molecule has 1 fully saturated rings. The maximum atomic E-state index is 13.7. The largest absolute Gasteiger partial charge is 0.354 e. The molecule has 6 heterocycles. The number of hydrogen-bond donors (Lipinski definition) is 3. The monoisotopic (exact) mass is 797 g/mol. The number of aromatic amines is 2. The number of hydrogen-bond acceptors (Lipinski definition) is 4. The van der Waals surface area contributed by atoms with Gasteiger partial charge in [0.15, 0.2) is 0 Å². The van der Waals surface area contributed by atoms with E-state index in [1.165, 1.54) is 0 Å². The molecule has 1 saturated heterocycles. The molecule has 8 nitrogen and oxygen atoms in total. The molecule has 1 radical (unpaired) electrons. The van der Waals surface area contributed by atoms with Crippen molar-refractivity contribution in [2.75, 3.05) is 5.32 Å². The normalized spacial score (nSPS) is 16.5. The van der Waals surface area contributed by atoms with Gasteiger partial charge in [0.05, 0.1) is 34.2 Å². The Labute approximate surface area is 355 Å². The molecule has 8 bridgehead atoms. The van der Waals surface area contributed by atoms with Crippen molar-refractivity contribution >= 4 is 58.0 Å². The van der Waals surface area contributed by atoms with Gasteiger partial charge < -0.3 is 15.3 Å². The van der Waals surface area contributed by atoms with Gasteiger partial charge in [-0.25, -0.2) is 9.97 Å². The van der Waals surface area contributed by atoms with Crippen molar-refractivity contribution in [2.45, 2.75) is 45.2 Å². The number of hydroxylamine groups is 2. The van der Waals surface area contributed by atoms with Gasteiger partial charge >= 0.3 is 0 Å². The van der Waals surface area contributed by atoms with Gasteiger partial charge in [-0.2, -0.15) is 0 Å². The van der Waals surface area contributed by atoms with Gasteiger partial charge in [-0.15, -0.1) is 10.3 Å². The van der Waals surface area contributed by atoms with Crippen LogP contribution in [0.15, 0.2) is 140 Å². The zero-order chi connectivity index (χ0) is 41.9. The van der Waals surface area contributed by atoms with Gasteiger partial charge in [0.25, 0.3) is 0 Å². The first-order valence-electron chi connectivity index (χ1n) is 20.8. The lowest BCUT2D eigenvalue weighted by Crippen LogP contribution is -2.48. The van der Waals surface area contributed by atoms with Gasteiger partial charge in [-0.1, -0.05) is 103 Å². The first-order chi connectivity index (χ1) is 29.5. The van der Waals surface area contributed by atoms with Crippen LogP contribution in [0.4, 0.5) is 5.69 Å². The summed E-state index contributed by atoms with van der Waals surface area (Å²) in [5, 5.41) is 17.3. The quantitative estimate of drug-likeness (QED) is 0.156. The third-order valence-corrected chi connectivity index (χ3v) is 12.3. The third kappa shape index (κ3) is 6.80. The number of carbonyl (C=O) groups is 1. The van der Waals surface area contributed by atoms with Crippen molar-refractivity contribution in [1.82, 2.24) is 25.0 Å². The fourth-order valence-electron chi connectivity index (χ4n) is 9.35. The van der Waals surface area contributed by atoms with Gasteiger partial charge in [-0.3, -0.25) is 4.79 Å². The number of nitrogens with one attached hydrogen (secondary N) is 3. The Kier molecular flexibility index (Phi) is 9.27. The summed E-state index contributed by atoms with van der Waals surface area (Å²) < 4.78 is 0. The zero-order valence-corrected chi connectivity index (χ0v) is 34.5. The molecule has 0 spiro atoms. The van der Waals surface area contributed by atoms with E-state index in [1.807, 2.05) is 70.2 Å². The molecule has 7 aromatic rings. The minimum Gasteiger partial charge on any atom is -0.354 e. The van der Waals surface area contributed by atoms with E-state index < -0.39 is 17.0 Å². The van der Waals surface area contributed by atoms with Crippen LogP contribution in [0.25, 0.3) is 90.9 Å². The molecular formula is C53H45N6O2. The number of benzene rings is 4. The summed E-state index contributed by atoms with van der Waals surface area (Å²) >= 11 is 0. The number of nitrogens with zero attached hydrogens (tertiary/aromatic N) is 3. The van der Waals surface area contributed by atoms with Crippen LogP contribution in [-0.2, 0) is 10.0 Å². The van der Waals surface area contributed by atoms with E-state index in [0.717, 1.165) is 94.4 Å². The maximum Gasteiger partial charge on any atom is 0.229 e. The highest BCUT2D eigenvalue weighted by Crippen LogP contribution is 2.45. The van der Waals surface area contributed by atoms with Gasteiger partial charge in [0.1, 0.15) is 0 Å². The van der Waals surface area contributed by atoms with Crippen LogP contribution in [-0.4, -0.2) is 42.0 Å². The minimum absolute atomic E-state index is 0.160. The van der Waals surface area contributed by atoms with Gasteiger partial charge in [0.2, 0.25) is 5.91 Å². The van der Waals surface area contributed by atoms with Gasteiger partial charge in [-0.05, 0) is 117 Å². The topological polar surface area (TPSA) is 110 Å². The fraction of sp³-hybridized carbons (Fsp3) is 0.151. The van der Waals surface area contributed by atoms with E-state index >= 15 is 0 Å². The van der Waals surface area contributed by atoms with Crippen LogP contribution in [0.3, 0.4) is 0 Å². The number of H-pyrrole nitrogens is 2. The Hall–Kier alpha value is -7.13. The van der Waals surface area contributed by atoms with E-state index in [1.54, 1.807) is 0 Å². The number of rotatable bonds is 6. The van der Waals surface area contributed by atoms with Crippen LogP contribution >= 0.6 is 0 Å². The number of carbonyl (C=O) groups excluding carboxylic acids is 1. The molecule has 0 saturated carbocycles. The van der Waals surface area contributed by atoms with Crippen LogP contribution in [0, 0.1) is 5.92 Å². The van der Waals surface area contributed by atoms with E-state index in [-0.39, 0.29) is 5.91 Å². The molecule has 10 rings (SSSR count). The average molecular weight is 798 g/mol. The molecule has 4 aromatic carbocycles. The lowest BCUT2D eigenvalue weighted by Gasteiger charge is -2.33. The van der Waals surface area contributed by atoms with Crippen molar-refractivity contribution in [1.29, 1.82) is 0 Å².